The second-order valence-corrected chi connectivity index (χ2v) is 12.3. The number of hydrogen-bond acceptors (Lipinski definition) is 2. The van der Waals surface area contributed by atoms with Crippen molar-refractivity contribution in [1.82, 2.24) is 0 Å². The summed E-state index contributed by atoms with van der Waals surface area (Å²) in [7, 11) is 0. The zero-order valence-corrected chi connectivity index (χ0v) is 20.3. The van der Waals surface area contributed by atoms with E-state index in [2.05, 4.69) is 53.7 Å². The molecule has 0 radical (unpaired) electrons. The van der Waals surface area contributed by atoms with Crippen LogP contribution in [0.15, 0.2) is 23.3 Å². The van der Waals surface area contributed by atoms with Crippen LogP contribution in [0.3, 0.4) is 0 Å². The van der Waals surface area contributed by atoms with Crippen LogP contribution in [0.25, 0.3) is 0 Å². The van der Waals surface area contributed by atoms with E-state index in [1.54, 1.807) is 5.57 Å². The van der Waals surface area contributed by atoms with Gasteiger partial charge in [-0.2, -0.15) is 0 Å². The molecular weight excluding hydrogens is 368 g/mol. The van der Waals surface area contributed by atoms with Crippen LogP contribution < -0.4 is 0 Å². The van der Waals surface area contributed by atoms with Crippen molar-refractivity contribution in [3.8, 4) is 0 Å². The summed E-state index contributed by atoms with van der Waals surface area (Å²) in [6.07, 6.45) is 13.3. The molecule has 0 aromatic carbocycles. The number of allylic oxidation sites excluding steroid dienone is 3. The van der Waals surface area contributed by atoms with E-state index in [-0.39, 0.29) is 23.0 Å². The molecule has 0 aliphatic heterocycles. The Kier molecular flexibility index (Phi) is 6.08. The van der Waals surface area contributed by atoms with Crippen LogP contribution in [0, 0.1) is 46.3 Å². The fraction of sp³-hybridized carbons (Fsp3) is 0.857. The van der Waals surface area contributed by atoms with Crippen LogP contribution in [0.4, 0.5) is 0 Å². The highest BCUT2D eigenvalue weighted by Crippen LogP contribution is 2.65. The third-order valence-corrected chi connectivity index (χ3v) is 10.5. The van der Waals surface area contributed by atoms with Crippen LogP contribution in [-0.4, -0.2) is 22.4 Å². The highest BCUT2D eigenvalue weighted by atomic mass is 16.3. The maximum Gasteiger partial charge on any atom is 0.0758 e. The summed E-state index contributed by atoms with van der Waals surface area (Å²) in [5.41, 5.74) is 3.63. The molecule has 0 aromatic heterocycles. The lowest BCUT2D eigenvalue weighted by molar-refractivity contribution is -0.0661. The van der Waals surface area contributed by atoms with Crippen LogP contribution in [0.5, 0.6) is 0 Å². The van der Waals surface area contributed by atoms with Gasteiger partial charge in [-0.1, -0.05) is 59.3 Å². The zero-order chi connectivity index (χ0) is 21.8. The van der Waals surface area contributed by atoms with Crippen molar-refractivity contribution in [3.05, 3.63) is 23.3 Å². The molecule has 9 atom stereocenters. The lowest BCUT2D eigenvalue weighted by Crippen LogP contribution is -2.52. The van der Waals surface area contributed by atoms with Gasteiger partial charge in [0.1, 0.15) is 0 Å². The first-order chi connectivity index (χ1) is 14.1. The Labute approximate surface area is 185 Å². The molecule has 0 saturated heterocycles. The summed E-state index contributed by atoms with van der Waals surface area (Å²) >= 11 is 0. The fourth-order valence-corrected chi connectivity index (χ4v) is 8.03. The lowest BCUT2D eigenvalue weighted by Gasteiger charge is -2.58. The predicted molar refractivity (Wildman–Crippen MR) is 125 cm³/mol. The Morgan fingerprint density at radius 1 is 0.933 bits per heavy atom. The van der Waals surface area contributed by atoms with Crippen molar-refractivity contribution >= 4 is 0 Å². The van der Waals surface area contributed by atoms with Crippen molar-refractivity contribution in [3.63, 3.8) is 0 Å². The molecular formula is C28H46O2. The van der Waals surface area contributed by atoms with Crippen LogP contribution >= 0.6 is 0 Å². The standard InChI is InChI=1S/C28H46O2/c1-17(2)18(3)7-8-19(4)22-9-10-23-26-24(12-14-28(22,23)6)27(5)13-11-21(29)15-20(27)16-25(26)30/h7-8,17-22,24-25,29-30H,9-16H2,1-6H3/t18-,19+,20?,21-,22+,24-,25+,27-,28+/m0/s1. The normalized spacial score (nSPS) is 46.0. The number of fused-ring (bicyclic) bond motifs is 4. The molecule has 170 valence electrons. The van der Waals surface area contributed by atoms with E-state index in [1.165, 1.54) is 31.3 Å². The van der Waals surface area contributed by atoms with Gasteiger partial charge in [0, 0.05) is 0 Å². The first-order valence-electron chi connectivity index (χ1n) is 12.9. The predicted octanol–water partition coefficient (Wildman–Crippen LogP) is 6.53. The number of rotatable bonds is 4. The molecule has 3 saturated carbocycles. The molecule has 4 aliphatic carbocycles. The van der Waals surface area contributed by atoms with E-state index >= 15 is 0 Å². The summed E-state index contributed by atoms with van der Waals surface area (Å²) in [5, 5.41) is 21.6. The number of hydrogen-bond donors (Lipinski definition) is 2. The van der Waals surface area contributed by atoms with Crippen molar-refractivity contribution in [2.45, 2.75) is 105 Å². The molecule has 3 fully saturated rings. The van der Waals surface area contributed by atoms with Gasteiger partial charge in [0.2, 0.25) is 0 Å². The van der Waals surface area contributed by atoms with Gasteiger partial charge in [-0.05, 0) is 103 Å². The summed E-state index contributed by atoms with van der Waals surface area (Å²) < 4.78 is 0. The van der Waals surface area contributed by atoms with Gasteiger partial charge in [-0.15, -0.1) is 0 Å². The second kappa shape index (κ2) is 8.07. The van der Waals surface area contributed by atoms with Gasteiger partial charge in [-0.3, -0.25) is 0 Å². The summed E-state index contributed by atoms with van der Waals surface area (Å²) in [6.45, 7) is 14.4. The topological polar surface area (TPSA) is 40.5 Å². The Morgan fingerprint density at radius 2 is 1.67 bits per heavy atom. The van der Waals surface area contributed by atoms with E-state index in [0.717, 1.165) is 25.7 Å². The Hall–Kier alpha value is -0.600. The molecule has 2 N–H and O–H groups in total. The molecule has 0 aromatic rings. The number of aliphatic hydroxyl groups is 2. The fourth-order valence-electron chi connectivity index (χ4n) is 8.03. The lowest BCUT2D eigenvalue weighted by atomic mass is 9.48. The summed E-state index contributed by atoms with van der Waals surface area (Å²) in [6, 6.07) is 0. The molecule has 0 amide bonds. The first-order valence-corrected chi connectivity index (χ1v) is 12.9. The minimum absolute atomic E-state index is 0.157. The quantitative estimate of drug-likeness (QED) is 0.514. The largest absolute Gasteiger partial charge is 0.393 e. The molecule has 30 heavy (non-hydrogen) atoms. The van der Waals surface area contributed by atoms with Crippen molar-refractivity contribution in [2.75, 3.05) is 0 Å². The SMILES string of the molecule is CC(C)[C@@H](C)C=C[C@@H](C)[C@H]1CCC2=C3[C@H](O)CC4C[C@@H](O)CC[C@]4(C)[C@H]3CC[C@@]21C. The first kappa shape index (κ1) is 22.6. The van der Waals surface area contributed by atoms with E-state index in [1.807, 2.05) is 0 Å². The van der Waals surface area contributed by atoms with Gasteiger partial charge in [-0.25, -0.2) is 0 Å². The van der Waals surface area contributed by atoms with E-state index in [0.29, 0.717) is 35.5 Å². The summed E-state index contributed by atoms with van der Waals surface area (Å²) in [4.78, 5) is 0. The average Bonchev–Trinajstić information content (AvgIpc) is 3.04. The molecule has 4 rings (SSSR count). The van der Waals surface area contributed by atoms with Crippen LogP contribution in [0.2, 0.25) is 0 Å². The van der Waals surface area contributed by atoms with Gasteiger partial charge < -0.3 is 10.2 Å². The Bertz CT molecular complexity index is 705. The minimum atomic E-state index is -0.279. The highest BCUT2D eigenvalue weighted by Gasteiger charge is 2.57. The van der Waals surface area contributed by atoms with Gasteiger partial charge in [0.25, 0.3) is 0 Å². The third-order valence-electron chi connectivity index (χ3n) is 10.5. The van der Waals surface area contributed by atoms with Gasteiger partial charge in [0.15, 0.2) is 0 Å². The van der Waals surface area contributed by atoms with Crippen molar-refractivity contribution in [2.24, 2.45) is 46.3 Å². The minimum Gasteiger partial charge on any atom is -0.393 e. The van der Waals surface area contributed by atoms with Crippen LogP contribution in [-0.2, 0) is 0 Å². The molecule has 2 heteroatoms. The molecule has 1 unspecified atom stereocenters. The molecule has 2 nitrogen and oxygen atoms in total. The molecule has 0 bridgehead atoms. The van der Waals surface area contributed by atoms with Gasteiger partial charge >= 0.3 is 0 Å². The molecule has 0 heterocycles. The van der Waals surface area contributed by atoms with E-state index < -0.39 is 0 Å². The Morgan fingerprint density at radius 3 is 2.37 bits per heavy atom. The van der Waals surface area contributed by atoms with Crippen molar-refractivity contribution in [1.29, 1.82) is 0 Å². The van der Waals surface area contributed by atoms with Crippen molar-refractivity contribution < 1.29 is 10.2 Å². The van der Waals surface area contributed by atoms with Gasteiger partial charge in [0.05, 0.1) is 12.2 Å². The maximum absolute atomic E-state index is 11.3. The Balaban J connectivity index is 1.62. The average molecular weight is 415 g/mol. The third kappa shape index (κ3) is 3.54. The highest BCUT2D eigenvalue weighted by molar-refractivity contribution is 5.37. The maximum atomic E-state index is 11.3. The molecule has 0 spiro atoms. The second-order valence-electron chi connectivity index (χ2n) is 12.3. The zero-order valence-electron chi connectivity index (χ0n) is 20.3. The van der Waals surface area contributed by atoms with E-state index in [4.69, 9.17) is 0 Å². The summed E-state index contributed by atoms with van der Waals surface area (Å²) in [5.74, 6) is 3.64. The monoisotopic (exact) mass is 414 g/mol. The molecule has 4 aliphatic rings. The number of aliphatic hydroxyl groups excluding tert-OH is 2. The van der Waals surface area contributed by atoms with Crippen LogP contribution in [0.1, 0.15) is 92.9 Å². The van der Waals surface area contributed by atoms with E-state index in [9.17, 15) is 10.2 Å². The smallest absolute Gasteiger partial charge is 0.0758 e.